The highest BCUT2D eigenvalue weighted by Crippen LogP contribution is 2.18. The van der Waals surface area contributed by atoms with E-state index in [2.05, 4.69) is 36.1 Å². The smallest absolute Gasteiger partial charge is 0.410 e. The fraction of sp³-hybridized carbons (Fsp3) is 0.588. The number of rotatable bonds is 1. The van der Waals surface area contributed by atoms with Crippen LogP contribution in [0.25, 0.3) is 0 Å². The van der Waals surface area contributed by atoms with Crippen molar-refractivity contribution < 1.29 is 9.53 Å². The second-order valence-electron chi connectivity index (χ2n) is 6.64. The van der Waals surface area contributed by atoms with Crippen molar-refractivity contribution >= 4 is 11.8 Å². The first-order valence-corrected chi connectivity index (χ1v) is 7.65. The lowest BCUT2D eigenvalue weighted by atomic mass is 10.2. The first-order valence-electron chi connectivity index (χ1n) is 7.65. The van der Waals surface area contributed by atoms with Crippen LogP contribution in [0.15, 0.2) is 24.3 Å². The van der Waals surface area contributed by atoms with Gasteiger partial charge in [-0.25, -0.2) is 4.79 Å². The van der Waals surface area contributed by atoms with Crippen molar-refractivity contribution in [1.29, 1.82) is 0 Å². The van der Waals surface area contributed by atoms with E-state index < -0.39 is 5.60 Å². The van der Waals surface area contributed by atoms with Gasteiger partial charge in [-0.1, -0.05) is 17.7 Å². The molecule has 0 atom stereocenters. The Morgan fingerprint density at radius 3 is 2.33 bits per heavy atom. The lowest BCUT2D eigenvalue weighted by Crippen LogP contribution is -2.39. The Labute approximate surface area is 127 Å². The summed E-state index contributed by atoms with van der Waals surface area (Å²) in [6.07, 6.45) is 0.765. The maximum Gasteiger partial charge on any atom is 0.410 e. The summed E-state index contributed by atoms with van der Waals surface area (Å²) in [7, 11) is 0. The Balaban J connectivity index is 1.95. The molecule has 0 aromatic heterocycles. The molecule has 0 N–H and O–H groups in total. The van der Waals surface area contributed by atoms with Gasteiger partial charge in [0.25, 0.3) is 0 Å². The van der Waals surface area contributed by atoms with Crippen LogP contribution in [0.4, 0.5) is 10.5 Å². The van der Waals surface area contributed by atoms with Crippen molar-refractivity contribution in [2.75, 3.05) is 31.1 Å². The molecule has 0 aliphatic carbocycles. The molecule has 1 amide bonds. The number of hydrogen-bond donors (Lipinski definition) is 0. The molecule has 1 aliphatic heterocycles. The largest absolute Gasteiger partial charge is 0.444 e. The molecule has 1 heterocycles. The van der Waals surface area contributed by atoms with Gasteiger partial charge < -0.3 is 14.5 Å². The van der Waals surface area contributed by atoms with Gasteiger partial charge in [0.2, 0.25) is 0 Å². The Morgan fingerprint density at radius 2 is 1.71 bits per heavy atom. The third kappa shape index (κ3) is 4.66. The number of carbonyl (C=O) groups excluding carboxylic acids is 1. The minimum atomic E-state index is -0.431. The number of amides is 1. The molecule has 2 rings (SSSR count). The molecule has 1 aromatic rings. The van der Waals surface area contributed by atoms with Crippen molar-refractivity contribution in [3.05, 3.63) is 29.8 Å². The second-order valence-corrected chi connectivity index (χ2v) is 6.64. The normalized spacial score (nSPS) is 16.6. The summed E-state index contributed by atoms with van der Waals surface area (Å²) < 4.78 is 5.46. The number of nitrogens with zero attached hydrogens (tertiary/aromatic N) is 2. The van der Waals surface area contributed by atoms with Gasteiger partial charge in [0.05, 0.1) is 0 Å². The molecule has 116 valence electrons. The van der Waals surface area contributed by atoms with E-state index >= 15 is 0 Å². The Hall–Kier alpha value is -1.71. The first kappa shape index (κ1) is 15.7. The highest BCUT2D eigenvalue weighted by molar-refractivity contribution is 5.68. The fourth-order valence-corrected chi connectivity index (χ4v) is 2.44. The summed E-state index contributed by atoms with van der Waals surface area (Å²) in [5, 5.41) is 0. The number of carbonyl (C=O) groups is 1. The Kier molecular flexibility index (Phi) is 4.76. The van der Waals surface area contributed by atoms with Gasteiger partial charge in [-0.15, -0.1) is 0 Å². The van der Waals surface area contributed by atoms with Gasteiger partial charge in [-0.2, -0.15) is 0 Å². The predicted molar refractivity (Wildman–Crippen MR) is 85.8 cm³/mol. The summed E-state index contributed by atoms with van der Waals surface area (Å²) in [6.45, 7) is 11.1. The van der Waals surface area contributed by atoms with E-state index in [0.29, 0.717) is 6.54 Å². The van der Waals surface area contributed by atoms with Crippen molar-refractivity contribution in [3.63, 3.8) is 0 Å². The highest BCUT2D eigenvalue weighted by atomic mass is 16.6. The number of hydrogen-bond acceptors (Lipinski definition) is 3. The molecule has 4 heteroatoms. The Bertz CT molecular complexity index is 477. The Morgan fingerprint density at radius 1 is 1.05 bits per heavy atom. The van der Waals surface area contributed by atoms with E-state index in [1.165, 1.54) is 11.3 Å². The van der Waals surface area contributed by atoms with E-state index in [1.54, 1.807) is 0 Å². The van der Waals surface area contributed by atoms with Crippen molar-refractivity contribution in [1.82, 2.24) is 4.90 Å². The van der Waals surface area contributed by atoms with Crippen molar-refractivity contribution in [2.45, 2.75) is 39.7 Å². The number of aryl methyl sites for hydroxylation is 1. The summed E-state index contributed by atoms with van der Waals surface area (Å²) in [4.78, 5) is 16.3. The predicted octanol–water partition coefficient (Wildman–Crippen LogP) is 3.44. The van der Waals surface area contributed by atoms with E-state index in [1.807, 2.05) is 25.7 Å². The van der Waals surface area contributed by atoms with Gasteiger partial charge in [0.15, 0.2) is 0 Å². The second kappa shape index (κ2) is 6.37. The van der Waals surface area contributed by atoms with Crippen molar-refractivity contribution in [3.8, 4) is 0 Å². The molecule has 1 saturated heterocycles. The molecule has 1 fully saturated rings. The van der Waals surface area contributed by atoms with Crippen molar-refractivity contribution in [2.24, 2.45) is 0 Å². The number of ether oxygens (including phenoxy) is 1. The van der Waals surface area contributed by atoms with E-state index in [4.69, 9.17) is 4.74 Å². The molecular formula is C17H26N2O2. The van der Waals surface area contributed by atoms with Gasteiger partial charge in [-0.3, -0.25) is 0 Å². The van der Waals surface area contributed by atoms with Crippen LogP contribution in [0.3, 0.4) is 0 Å². The molecule has 21 heavy (non-hydrogen) atoms. The zero-order valence-electron chi connectivity index (χ0n) is 13.6. The summed E-state index contributed by atoms with van der Waals surface area (Å²) >= 11 is 0. The third-order valence-corrected chi connectivity index (χ3v) is 3.55. The fourth-order valence-electron chi connectivity index (χ4n) is 2.44. The lowest BCUT2D eigenvalue weighted by molar-refractivity contribution is 0.0263. The minimum absolute atomic E-state index is 0.201. The lowest BCUT2D eigenvalue weighted by Gasteiger charge is -2.27. The van der Waals surface area contributed by atoms with Crippen LogP contribution >= 0.6 is 0 Å². The van der Waals surface area contributed by atoms with Gasteiger partial charge in [0, 0.05) is 31.9 Å². The quantitative estimate of drug-likeness (QED) is 0.794. The number of benzene rings is 1. The summed E-state index contributed by atoms with van der Waals surface area (Å²) in [6, 6.07) is 8.56. The average molecular weight is 290 g/mol. The maximum atomic E-state index is 12.1. The van der Waals surface area contributed by atoms with Crippen LogP contribution in [0, 0.1) is 6.92 Å². The van der Waals surface area contributed by atoms with Gasteiger partial charge in [-0.05, 0) is 46.2 Å². The summed E-state index contributed by atoms with van der Waals surface area (Å²) in [5.41, 5.74) is 2.07. The highest BCUT2D eigenvalue weighted by Gasteiger charge is 2.24. The van der Waals surface area contributed by atoms with E-state index in [-0.39, 0.29) is 6.09 Å². The molecule has 0 unspecified atom stereocenters. The van der Waals surface area contributed by atoms with Gasteiger partial charge >= 0.3 is 6.09 Å². The van der Waals surface area contributed by atoms with Gasteiger partial charge in [0.1, 0.15) is 5.60 Å². The molecule has 0 bridgehead atoms. The molecule has 1 aromatic carbocycles. The van der Waals surface area contributed by atoms with E-state index in [9.17, 15) is 4.79 Å². The molecule has 0 saturated carbocycles. The zero-order chi connectivity index (χ0) is 15.5. The molecule has 4 nitrogen and oxygen atoms in total. The van der Waals surface area contributed by atoms with Crippen LogP contribution in [-0.2, 0) is 4.74 Å². The van der Waals surface area contributed by atoms with Crippen LogP contribution in [0.5, 0.6) is 0 Å². The summed E-state index contributed by atoms with van der Waals surface area (Å²) in [5.74, 6) is 0. The molecule has 0 spiro atoms. The standard InChI is InChI=1S/C17H26N2O2/c1-14-6-8-15(9-7-14)18-10-5-11-19(13-12-18)16(20)21-17(2,3)4/h6-9H,5,10-13H2,1-4H3. The molecule has 1 aliphatic rings. The van der Waals surface area contributed by atoms with Crippen LogP contribution in [0.1, 0.15) is 32.8 Å². The monoisotopic (exact) mass is 290 g/mol. The van der Waals surface area contributed by atoms with E-state index in [0.717, 1.165) is 26.1 Å². The topological polar surface area (TPSA) is 32.8 Å². The minimum Gasteiger partial charge on any atom is -0.444 e. The average Bonchev–Trinajstić information content (AvgIpc) is 2.63. The maximum absolute atomic E-state index is 12.1. The van der Waals surface area contributed by atoms with Crippen LogP contribution in [-0.4, -0.2) is 42.8 Å². The third-order valence-electron chi connectivity index (χ3n) is 3.55. The zero-order valence-corrected chi connectivity index (χ0v) is 13.6. The molecule has 0 radical (unpaired) electrons. The number of anilines is 1. The van der Waals surface area contributed by atoms with Crippen LogP contribution < -0.4 is 4.90 Å². The SMILES string of the molecule is Cc1ccc(N2CCCN(C(=O)OC(C)(C)C)CC2)cc1. The van der Waals surface area contributed by atoms with Crippen LogP contribution in [0.2, 0.25) is 0 Å². The first-order chi connectivity index (χ1) is 9.85. The molecular weight excluding hydrogens is 264 g/mol.